The standard InChI is InChI=1S/C8H10ClF3/c1-6(2)3-4-7(5-10)8(9,11)12/h3-4H,5H2,1-2H3. The minimum Gasteiger partial charge on any atom is -0.246 e. The Labute approximate surface area is 74.7 Å². The van der Waals surface area contributed by atoms with Crippen molar-refractivity contribution in [2.24, 2.45) is 0 Å². The van der Waals surface area contributed by atoms with Crippen molar-refractivity contribution in [3.63, 3.8) is 0 Å². The maximum Gasteiger partial charge on any atom is 0.347 e. The second-order valence-corrected chi connectivity index (χ2v) is 3.04. The fourth-order valence-corrected chi connectivity index (χ4v) is 0.596. The van der Waals surface area contributed by atoms with Gasteiger partial charge in [-0.15, -0.1) is 0 Å². The lowest BCUT2D eigenvalue weighted by Crippen LogP contribution is -2.11. The predicted molar refractivity (Wildman–Crippen MR) is 44.3 cm³/mol. The van der Waals surface area contributed by atoms with Crippen molar-refractivity contribution in [1.29, 1.82) is 0 Å². The highest BCUT2D eigenvalue weighted by Gasteiger charge is 2.29. The number of halogens is 4. The van der Waals surface area contributed by atoms with Crippen LogP contribution in [0.2, 0.25) is 0 Å². The van der Waals surface area contributed by atoms with Gasteiger partial charge in [0.2, 0.25) is 0 Å². The van der Waals surface area contributed by atoms with Crippen LogP contribution in [0.15, 0.2) is 23.3 Å². The largest absolute Gasteiger partial charge is 0.347 e. The van der Waals surface area contributed by atoms with Gasteiger partial charge in [-0.2, -0.15) is 8.78 Å². The third kappa shape index (κ3) is 4.44. The van der Waals surface area contributed by atoms with Crippen LogP contribution in [0.25, 0.3) is 0 Å². The van der Waals surface area contributed by atoms with Crippen LogP contribution in [0.1, 0.15) is 13.8 Å². The molecule has 0 aliphatic rings. The van der Waals surface area contributed by atoms with Crippen molar-refractivity contribution in [3.05, 3.63) is 23.3 Å². The third-order valence-electron chi connectivity index (χ3n) is 1.13. The Hall–Kier alpha value is -0.440. The van der Waals surface area contributed by atoms with Crippen LogP contribution in [-0.4, -0.2) is 12.1 Å². The Bertz CT molecular complexity index is 197. The fourth-order valence-electron chi connectivity index (χ4n) is 0.482. The average Bonchev–Trinajstić information content (AvgIpc) is 1.85. The molecule has 0 nitrogen and oxygen atoms in total. The Morgan fingerprint density at radius 1 is 1.33 bits per heavy atom. The first-order valence-corrected chi connectivity index (χ1v) is 3.73. The van der Waals surface area contributed by atoms with Gasteiger partial charge in [0, 0.05) is 5.57 Å². The summed E-state index contributed by atoms with van der Waals surface area (Å²) in [6, 6.07) is 0. The van der Waals surface area contributed by atoms with E-state index in [0.717, 1.165) is 11.6 Å². The maximum atomic E-state index is 12.3. The zero-order valence-electron chi connectivity index (χ0n) is 6.87. The first-order chi connectivity index (χ1) is 5.38. The van der Waals surface area contributed by atoms with E-state index < -0.39 is 17.6 Å². The summed E-state index contributed by atoms with van der Waals surface area (Å²) in [5, 5.41) is -3.58. The number of alkyl halides is 4. The lowest BCUT2D eigenvalue weighted by molar-refractivity contribution is 0.130. The lowest BCUT2D eigenvalue weighted by Gasteiger charge is -2.07. The lowest BCUT2D eigenvalue weighted by atomic mass is 10.2. The zero-order chi connectivity index (χ0) is 9.78. The van der Waals surface area contributed by atoms with Gasteiger partial charge >= 0.3 is 5.38 Å². The molecule has 0 bridgehead atoms. The van der Waals surface area contributed by atoms with Crippen LogP contribution in [0.4, 0.5) is 13.2 Å². The van der Waals surface area contributed by atoms with Gasteiger partial charge in [-0.1, -0.05) is 17.7 Å². The van der Waals surface area contributed by atoms with Crippen molar-refractivity contribution < 1.29 is 13.2 Å². The maximum absolute atomic E-state index is 12.3. The van der Waals surface area contributed by atoms with E-state index in [4.69, 9.17) is 0 Å². The summed E-state index contributed by atoms with van der Waals surface area (Å²) in [7, 11) is 0. The molecule has 4 heteroatoms. The van der Waals surface area contributed by atoms with E-state index in [1.165, 1.54) is 6.08 Å². The number of rotatable bonds is 3. The van der Waals surface area contributed by atoms with Gasteiger partial charge in [-0.3, -0.25) is 0 Å². The molecule has 0 amide bonds. The molecule has 12 heavy (non-hydrogen) atoms. The van der Waals surface area contributed by atoms with Crippen LogP contribution in [0.5, 0.6) is 0 Å². The third-order valence-corrected chi connectivity index (χ3v) is 1.37. The molecule has 0 rings (SSSR count). The van der Waals surface area contributed by atoms with E-state index in [1.807, 2.05) is 0 Å². The summed E-state index contributed by atoms with van der Waals surface area (Å²) >= 11 is 4.61. The molecule has 0 heterocycles. The van der Waals surface area contributed by atoms with Crippen molar-refractivity contribution in [1.82, 2.24) is 0 Å². The molecule has 0 saturated heterocycles. The molecule has 0 spiro atoms. The SMILES string of the molecule is CC(C)=CC=C(CF)C(F)(F)Cl. The van der Waals surface area contributed by atoms with Crippen molar-refractivity contribution in [3.8, 4) is 0 Å². The summed E-state index contributed by atoms with van der Waals surface area (Å²) in [6.07, 6.45) is 2.40. The molecular weight excluding hydrogens is 189 g/mol. The van der Waals surface area contributed by atoms with Gasteiger partial charge < -0.3 is 0 Å². The highest BCUT2D eigenvalue weighted by Crippen LogP contribution is 2.28. The van der Waals surface area contributed by atoms with E-state index in [9.17, 15) is 13.2 Å². The van der Waals surface area contributed by atoms with Crippen LogP contribution < -0.4 is 0 Å². The molecule has 0 aromatic rings. The molecule has 0 aliphatic heterocycles. The monoisotopic (exact) mass is 198 g/mol. The van der Waals surface area contributed by atoms with Crippen molar-refractivity contribution in [2.75, 3.05) is 6.67 Å². The Morgan fingerprint density at radius 2 is 1.83 bits per heavy atom. The number of hydrogen-bond donors (Lipinski definition) is 0. The van der Waals surface area contributed by atoms with Gasteiger partial charge in [-0.25, -0.2) is 4.39 Å². The molecule has 0 radical (unpaired) electrons. The summed E-state index contributed by atoms with van der Waals surface area (Å²) < 4.78 is 36.5. The first-order valence-electron chi connectivity index (χ1n) is 3.35. The van der Waals surface area contributed by atoms with Gasteiger partial charge in [0.15, 0.2) is 0 Å². The Balaban J connectivity index is 4.57. The van der Waals surface area contributed by atoms with Gasteiger partial charge in [0.1, 0.15) is 6.67 Å². The van der Waals surface area contributed by atoms with Crippen LogP contribution in [0.3, 0.4) is 0 Å². The van der Waals surface area contributed by atoms with Crippen LogP contribution >= 0.6 is 11.6 Å². The molecule has 0 aromatic carbocycles. The highest BCUT2D eigenvalue weighted by atomic mass is 35.5. The Morgan fingerprint density at radius 3 is 2.08 bits per heavy atom. The average molecular weight is 199 g/mol. The number of allylic oxidation sites excluding steroid dienone is 4. The minimum absolute atomic E-state index is 0.717. The topological polar surface area (TPSA) is 0 Å². The fraction of sp³-hybridized carbons (Fsp3) is 0.500. The quantitative estimate of drug-likeness (QED) is 0.479. The molecule has 0 unspecified atom stereocenters. The normalized spacial score (nSPS) is 13.0. The van der Waals surface area contributed by atoms with E-state index >= 15 is 0 Å². The summed E-state index contributed by atoms with van der Waals surface area (Å²) in [6.45, 7) is 2.21. The number of hydrogen-bond acceptors (Lipinski definition) is 0. The zero-order valence-corrected chi connectivity index (χ0v) is 7.63. The van der Waals surface area contributed by atoms with E-state index in [1.54, 1.807) is 13.8 Å². The minimum atomic E-state index is -3.58. The second kappa shape index (κ2) is 4.55. The highest BCUT2D eigenvalue weighted by molar-refractivity contribution is 6.23. The van der Waals surface area contributed by atoms with Gasteiger partial charge in [-0.05, 0) is 25.4 Å². The van der Waals surface area contributed by atoms with Crippen molar-refractivity contribution in [2.45, 2.75) is 19.2 Å². The molecule has 70 valence electrons. The van der Waals surface area contributed by atoms with Crippen LogP contribution in [-0.2, 0) is 0 Å². The van der Waals surface area contributed by atoms with Crippen LogP contribution in [0, 0.1) is 0 Å². The van der Waals surface area contributed by atoms with Gasteiger partial charge in [0.25, 0.3) is 0 Å². The van der Waals surface area contributed by atoms with E-state index in [2.05, 4.69) is 11.6 Å². The summed E-state index contributed by atoms with van der Waals surface area (Å²) in [4.78, 5) is 0. The molecule has 0 fully saturated rings. The van der Waals surface area contributed by atoms with Crippen molar-refractivity contribution >= 4 is 11.6 Å². The predicted octanol–water partition coefficient (Wildman–Crippen LogP) is 3.68. The van der Waals surface area contributed by atoms with E-state index in [0.29, 0.717) is 0 Å². The molecule has 0 atom stereocenters. The second-order valence-electron chi connectivity index (χ2n) is 2.57. The Kier molecular flexibility index (Phi) is 4.39. The molecule has 0 aromatic heterocycles. The molecular formula is C8H10ClF3. The first kappa shape index (κ1) is 11.6. The summed E-state index contributed by atoms with van der Waals surface area (Å²) in [5.74, 6) is 0. The molecule has 0 N–H and O–H groups in total. The smallest absolute Gasteiger partial charge is 0.246 e. The molecule has 0 aliphatic carbocycles. The summed E-state index contributed by atoms with van der Waals surface area (Å²) in [5.41, 5.74) is 0.0900. The van der Waals surface area contributed by atoms with E-state index in [-0.39, 0.29) is 0 Å². The molecule has 0 saturated carbocycles. The van der Waals surface area contributed by atoms with Gasteiger partial charge in [0.05, 0.1) is 0 Å².